The molecule has 0 saturated carbocycles. The zero-order valence-electron chi connectivity index (χ0n) is 16.7. The highest BCUT2D eigenvalue weighted by Gasteiger charge is 2.39. The van der Waals surface area contributed by atoms with E-state index < -0.39 is 21.5 Å². The molecule has 4 N–H and O–H groups in total. The van der Waals surface area contributed by atoms with Gasteiger partial charge in [0.15, 0.2) is 5.54 Å². The fraction of sp³-hybridized carbons (Fsp3) is 0.286. The van der Waals surface area contributed by atoms with Crippen LogP contribution in [0.2, 0.25) is 0 Å². The monoisotopic (exact) mass is 432 g/mol. The van der Waals surface area contributed by atoms with Gasteiger partial charge in [-0.1, -0.05) is 18.1 Å². The smallest absolute Gasteiger partial charge is 0.329 e. The predicted molar refractivity (Wildman–Crippen MR) is 112 cm³/mol. The first-order chi connectivity index (χ1) is 14.2. The first-order valence-corrected chi connectivity index (χ1v) is 10.5. The Morgan fingerprint density at radius 2 is 1.67 bits per heavy atom. The molecule has 0 spiro atoms. The van der Waals surface area contributed by atoms with Gasteiger partial charge in [0.2, 0.25) is 10.0 Å². The lowest BCUT2D eigenvalue weighted by atomic mass is 9.93. The van der Waals surface area contributed by atoms with E-state index in [0.29, 0.717) is 24.7 Å². The Morgan fingerprint density at radius 1 is 1.10 bits per heavy atom. The minimum absolute atomic E-state index is 0.0909. The van der Waals surface area contributed by atoms with E-state index in [4.69, 9.17) is 15.2 Å². The Bertz CT molecular complexity index is 1020. The van der Waals surface area contributed by atoms with E-state index in [1.807, 2.05) is 0 Å². The zero-order chi connectivity index (χ0) is 22.2. The molecular weight excluding hydrogens is 408 g/mol. The van der Waals surface area contributed by atoms with Crippen LogP contribution in [0.5, 0.6) is 11.5 Å². The maximum absolute atomic E-state index is 12.8. The number of nitrogens with one attached hydrogen (secondary N) is 1. The molecule has 160 valence electrons. The van der Waals surface area contributed by atoms with Crippen molar-refractivity contribution in [2.45, 2.75) is 24.3 Å². The number of carboxylic acid groups (broad SMARTS) is 1. The van der Waals surface area contributed by atoms with Crippen molar-refractivity contribution in [2.75, 3.05) is 19.8 Å². The summed E-state index contributed by atoms with van der Waals surface area (Å²) in [4.78, 5) is 11.9. The van der Waals surface area contributed by atoms with Gasteiger partial charge in [0.05, 0.1) is 4.90 Å². The van der Waals surface area contributed by atoms with Crippen LogP contribution in [0.25, 0.3) is 0 Å². The van der Waals surface area contributed by atoms with E-state index in [1.165, 1.54) is 43.3 Å². The lowest BCUT2D eigenvalue weighted by molar-refractivity contribution is -0.143. The molecule has 0 aliphatic rings. The fourth-order valence-corrected chi connectivity index (χ4v) is 3.88. The van der Waals surface area contributed by atoms with Crippen LogP contribution < -0.4 is 19.9 Å². The van der Waals surface area contributed by atoms with Gasteiger partial charge in [0.25, 0.3) is 0 Å². The second-order valence-electron chi connectivity index (χ2n) is 6.38. The van der Waals surface area contributed by atoms with Crippen molar-refractivity contribution in [3.63, 3.8) is 0 Å². The summed E-state index contributed by atoms with van der Waals surface area (Å²) in [7, 11) is -4.14. The zero-order valence-corrected chi connectivity index (χ0v) is 17.5. The van der Waals surface area contributed by atoms with Crippen LogP contribution in [0.1, 0.15) is 19.4 Å². The second-order valence-corrected chi connectivity index (χ2v) is 8.07. The van der Waals surface area contributed by atoms with Crippen molar-refractivity contribution in [1.29, 1.82) is 0 Å². The Balaban J connectivity index is 2.25. The molecule has 30 heavy (non-hydrogen) atoms. The molecule has 2 rings (SSSR count). The molecule has 2 aromatic rings. The average molecular weight is 432 g/mol. The maximum Gasteiger partial charge on any atom is 0.329 e. The van der Waals surface area contributed by atoms with Gasteiger partial charge in [-0.15, -0.1) is 5.92 Å². The minimum Gasteiger partial charge on any atom is -0.492 e. The summed E-state index contributed by atoms with van der Waals surface area (Å²) in [6, 6.07) is 11.7. The second kappa shape index (κ2) is 10.1. The van der Waals surface area contributed by atoms with Gasteiger partial charge in [-0.25, -0.2) is 13.2 Å². The van der Waals surface area contributed by atoms with Crippen molar-refractivity contribution < 1.29 is 27.8 Å². The molecule has 8 nitrogen and oxygen atoms in total. The third-order valence-corrected chi connectivity index (χ3v) is 5.78. The molecular formula is C21H24N2O6S. The van der Waals surface area contributed by atoms with Crippen LogP contribution in [0.3, 0.4) is 0 Å². The minimum atomic E-state index is -4.14. The number of sulfonamides is 1. The molecule has 0 aromatic heterocycles. The molecule has 0 aliphatic heterocycles. The Hall–Kier alpha value is -3.06. The Morgan fingerprint density at radius 3 is 2.20 bits per heavy atom. The largest absolute Gasteiger partial charge is 0.492 e. The van der Waals surface area contributed by atoms with Crippen molar-refractivity contribution in [1.82, 2.24) is 4.72 Å². The molecule has 0 amide bonds. The van der Waals surface area contributed by atoms with Gasteiger partial charge in [0, 0.05) is 6.54 Å². The van der Waals surface area contributed by atoms with E-state index >= 15 is 0 Å². The summed E-state index contributed by atoms with van der Waals surface area (Å²) in [5, 5.41) is 9.76. The molecule has 0 saturated heterocycles. The lowest BCUT2D eigenvalue weighted by Gasteiger charge is -2.26. The van der Waals surface area contributed by atoms with Gasteiger partial charge in [0.1, 0.15) is 24.7 Å². The van der Waals surface area contributed by atoms with Gasteiger partial charge in [-0.05, 0) is 55.8 Å². The molecule has 0 aliphatic carbocycles. The van der Waals surface area contributed by atoms with Crippen LogP contribution in [-0.4, -0.2) is 39.3 Å². The van der Waals surface area contributed by atoms with E-state index in [1.54, 1.807) is 19.1 Å². The van der Waals surface area contributed by atoms with E-state index in [-0.39, 0.29) is 17.1 Å². The lowest BCUT2D eigenvalue weighted by Crippen LogP contribution is -2.49. The summed E-state index contributed by atoms with van der Waals surface area (Å²) >= 11 is 0. The predicted octanol–water partition coefficient (Wildman–Crippen LogP) is 1.70. The highest BCUT2D eigenvalue weighted by Crippen LogP contribution is 2.27. The third kappa shape index (κ3) is 5.73. The van der Waals surface area contributed by atoms with Crippen molar-refractivity contribution >= 4 is 16.0 Å². The maximum atomic E-state index is 12.8. The molecule has 0 bridgehead atoms. The SMILES string of the molecule is CC#CCOc1ccc(S(=O)(=O)NC(C)(C(=O)O)c2ccc(OCCN)cc2)cc1. The first-order valence-electron chi connectivity index (χ1n) is 9.06. The number of benzene rings is 2. The Labute approximate surface area is 176 Å². The van der Waals surface area contributed by atoms with Gasteiger partial charge >= 0.3 is 5.97 Å². The number of aliphatic carboxylic acids is 1. The number of carboxylic acids is 1. The van der Waals surface area contributed by atoms with Crippen LogP contribution in [0, 0.1) is 11.8 Å². The fourth-order valence-electron chi connectivity index (χ4n) is 2.52. The molecule has 0 heterocycles. The molecule has 2 aromatic carbocycles. The topological polar surface area (TPSA) is 128 Å². The standard InChI is InChI=1S/C21H24N2O6S/c1-3-4-14-28-18-9-11-19(12-10-18)30(26,27)23-21(2,20(24)25)16-5-7-17(8-6-16)29-15-13-22/h5-12,23H,13-15,22H2,1-2H3,(H,24,25). The molecule has 1 atom stereocenters. The summed E-state index contributed by atoms with van der Waals surface area (Å²) in [6.45, 7) is 3.80. The van der Waals surface area contributed by atoms with Crippen molar-refractivity contribution in [2.24, 2.45) is 5.73 Å². The highest BCUT2D eigenvalue weighted by molar-refractivity contribution is 7.89. The van der Waals surface area contributed by atoms with Gasteiger partial charge < -0.3 is 20.3 Å². The number of rotatable bonds is 10. The quantitative estimate of drug-likeness (QED) is 0.488. The molecule has 0 radical (unpaired) electrons. The van der Waals surface area contributed by atoms with E-state index in [0.717, 1.165) is 0 Å². The summed E-state index contributed by atoms with van der Waals surface area (Å²) in [6.07, 6.45) is 0. The van der Waals surface area contributed by atoms with E-state index in [9.17, 15) is 18.3 Å². The van der Waals surface area contributed by atoms with Crippen molar-refractivity contribution in [3.8, 4) is 23.3 Å². The molecule has 9 heteroatoms. The summed E-state index contributed by atoms with van der Waals surface area (Å²) < 4.78 is 38.7. The van der Waals surface area contributed by atoms with Crippen LogP contribution in [-0.2, 0) is 20.4 Å². The molecule has 0 fully saturated rings. The summed E-state index contributed by atoms with van der Waals surface area (Å²) in [5.41, 5.74) is 3.74. The average Bonchev–Trinajstić information content (AvgIpc) is 2.72. The Kier molecular flexibility index (Phi) is 7.83. The van der Waals surface area contributed by atoms with Crippen LogP contribution >= 0.6 is 0 Å². The number of carbonyl (C=O) groups is 1. The first kappa shape index (κ1) is 23.2. The third-order valence-electron chi connectivity index (χ3n) is 4.21. The number of hydrogen-bond donors (Lipinski definition) is 3. The summed E-state index contributed by atoms with van der Waals surface area (Å²) in [5.74, 6) is 5.03. The molecule has 1 unspecified atom stereocenters. The number of nitrogens with two attached hydrogens (primary N) is 1. The number of ether oxygens (including phenoxy) is 2. The van der Waals surface area contributed by atoms with Gasteiger partial charge in [-0.3, -0.25) is 0 Å². The number of hydrogen-bond acceptors (Lipinski definition) is 6. The van der Waals surface area contributed by atoms with E-state index in [2.05, 4.69) is 16.6 Å². The van der Waals surface area contributed by atoms with Gasteiger partial charge in [-0.2, -0.15) is 4.72 Å². The van der Waals surface area contributed by atoms with Crippen LogP contribution in [0.4, 0.5) is 0 Å². The van der Waals surface area contributed by atoms with Crippen LogP contribution in [0.15, 0.2) is 53.4 Å². The van der Waals surface area contributed by atoms with Crippen molar-refractivity contribution in [3.05, 3.63) is 54.1 Å². The normalized spacial score (nSPS) is 12.9. The highest BCUT2D eigenvalue weighted by atomic mass is 32.2.